The van der Waals surface area contributed by atoms with E-state index in [-0.39, 0.29) is 15.8 Å². The van der Waals surface area contributed by atoms with Gasteiger partial charge in [-0.25, -0.2) is 0 Å². The standard InChI is InChI=1S/C24H40P6S5/c1-27(2,31)17-25(18-28(3,4)32)21-13-9-11-15-23(21)35-24-16-12-10-14-22(24)26(19-29(5,6)33)20-30(7,8)34/h9-16H,17-20H2,1-8H3. The summed E-state index contributed by atoms with van der Waals surface area (Å²) in [5.74, 6) is 4.58. The minimum atomic E-state index is -1.34. The summed E-state index contributed by atoms with van der Waals surface area (Å²) in [6.45, 7) is 18.4. The van der Waals surface area contributed by atoms with E-state index in [1.807, 2.05) is 11.8 Å². The van der Waals surface area contributed by atoms with Crippen LogP contribution in [0.25, 0.3) is 0 Å². The molecule has 2 aromatic carbocycles. The van der Waals surface area contributed by atoms with Crippen molar-refractivity contribution in [3.05, 3.63) is 48.5 Å². The highest BCUT2D eigenvalue weighted by molar-refractivity contribution is 8.20. The fraction of sp³-hybridized carbons (Fsp3) is 0.500. The van der Waals surface area contributed by atoms with Gasteiger partial charge in [-0.15, -0.1) is 0 Å². The molecule has 0 N–H and O–H groups in total. The van der Waals surface area contributed by atoms with Crippen LogP contribution in [0.5, 0.6) is 0 Å². The molecule has 196 valence electrons. The average Bonchev–Trinajstić information content (AvgIpc) is 2.63. The monoisotopic (exact) mass is 674 g/mol. The van der Waals surface area contributed by atoms with Gasteiger partial charge in [-0.1, -0.05) is 111 Å². The zero-order chi connectivity index (χ0) is 26.7. The van der Waals surface area contributed by atoms with Crippen molar-refractivity contribution >= 4 is 110 Å². The van der Waals surface area contributed by atoms with E-state index in [2.05, 4.69) is 102 Å². The summed E-state index contributed by atoms with van der Waals surface area (Å²) in [6, 6.07) is 12.7. The van der Waals surface area contributed by atoms with E-state index in [1.54, 1.807) is 0 Å². The minimum absolute atomic E-state index is 0.366. The van der Waals surface area contributed by atoms with Crippen LogP contribution in [0, 0.1) is 0 Å². The Kier molecular flexibility index (Phi) is 13.1. The third-order valence-corrected chi connectivity index (χ3v) is 28.8. The fourth-order valence-electron chi connectivity index (χ4n) is 3.77. The Bertz CT molecular complexity index is 1060. The van der Waals surface area contributed by atoms with Gasteiger partial charge in [-0.05, 0) is 100 Å². The van der Waals surface area contributed by atoms with Crippen molar-refractivity contribution in [1.29, 1.82) is 0 Å². The van der Waals surface area contributed by atoms with Gasteiger partial charge in [0.25, 0.3) is 0 Å². The Morgan fingerprint density at radius 3 is 1.03 bits per heavy atom. The van der Waals surface area contributed by atoms with Crippen LogP contribution < -0.4 is 10.6 Å². The molecule has 0 spiro atoms. The van der Waals surface area contributed by atoms with E-state index in [0.717, 1.165) is 23.6 Å². The van der Waals surface area contributed by atoms with Crippen molar-refractivity contribution in [3.63, 3.8) is 0 Å². The molecule has 0 aliphatic carbocycles. The number of benzene rings is 2. The number of hydrogen-bond donors (Lipinski definition) is 0. The summed E-state index contributed by atoms with van der Waals surface area (Å²) in [5.41, 5.74) is 0. The molecule has 0 aliphatic heterocycles. The van der Waals surface area contributed by atoms with Crippen molar-refractivity contribution in [2.24, 2.45) is 0 Å². The summed E-state index contributed by atoms with van der Waals surface area (Å²) in [6.07, 6.45) is 0. The maximum Gasteiger partial charge on any atom is 0.0199 e. The molecule has 11 heteroatoms. The summed E-state index contributed by atoms with van der Waals surface area (Å²) in [7, 11) is -0.731. The first-order chi connectivity index (χ1) is 15.8. The predicted molar refractivity (Wildman–Crippen MR) is 194 cm³/mol. The lowest BCUT2D eigenvalue weighted by Crippen LogP contribution is -2.12. The van der Waals surface area contributed by atoms with Crippen LogP contribution >= 0.6 is 51.8 Å². The molecule has 0 amide bonds. The molecule has 0 atom stereocenters. The lowest BCUT2D eigenvalue weighted by atomic mass is 10.4. The van der Waals surface area contributed by atoms with Crippen LogP contribution in [0.3, 0.4) is 0 Å². The Hall–Kier alpha value is 2.25. The predicted octanol–water partition coefficient (Wildman–Crippen LogP) is 8.84. The van der Waals surface area contributed by atoms with E-state index in [9.17, 15) is 0 Å². The third kappa shape index (κ3) is 13.4. The maximum absolute atomic E-state index is 5.97. The fourth-order valence-corrected chi connectivity index (χ4v) is 30.0. The second-order valence-corrected chi connectivity index (χ2v) is 44.2. The smallest absolute Gasteiger partial charge is 0.0199 e. The molecule has 0 bridgehead atoms. The van der Waals surface area contributed by atoms with E-state index < -0.39 is 24.2 Å². The van der Waals surface area contributed by atoms with Crippen molar-refractivity contribution < 1.29 is 0 Å². The van der Waals surface area contributed by atoms with Gasteiger partial charge in [0.2, 0.25) is 0 Å². The van der Waals surface area contributed by atoms with Gasteiger partial charge >= 0.3 is 0 Å². The molecule has 0 heterocycles. The van der Waals surface area contributed by atoms with Crippen molar-refractivity contribution in [3.8, 4) is 0 Å². The highest BCUT2D eigenvalue weighted by atomic mass is 32.5. The van der Waals surface area contributed by atoms with E-state index in [0.29, 0.717) is 0 Å². The van der Waals surface area contributed by atoms with Crippen molar-refractivity contribution in [2.75, 3.05) is 76.9 Å². The largest absolute Gasteiger partial charge is 0.0977 e. The van der Waals surface area contributed by atoms with Gasteiger partial charge in [-0.3, -0.25) is 0 Å². The van der Waals surface area contributed by atoms with Crippen LogP contribution in [-0.2, 0) is 47.2 Å². The van der Waals surface area contributed by atoms with Crippen LogP contribution in [0.2, 0.25) is 0 Å². The van der Waals surface area contributed by atoms with Crippen LogP contribution in [0.15, 0.2) is 58.3 Å². The summed E-state index contributed by atoms with van der Waals surface area (Å²) in [5, 5.41) is 2.99. The molecular weight excluding hydrogens is 634 g/mol. The van der Waals surface area contributed by atoms with Crippen LogP contribution in [-0.4, -0.2) is 76.9 Å². The maximum atomic E-state index is 5.97. The summed E-state index contributed by atoms with van der Waals surface area (Å²) >= 11 is 25.8. The molecule has 2 aromatic rings. The summed E-state index contributed by atoms with van der Waals surface area (Å²) < 4.78 is 0. The SMILES string of the molecule is CP(C)(=S)CP(CP(C)(C)=S)c1ccccc1Sc1ccccc1P(CP(C)(C)=S)CP(C)(C)=S. The highest BCUT2D eigenvalue weighted by Gasteiger charge is 2.25. The molecule has 0 unspecified atom stereocenters. The molecule has 0 radical (unpaired) electrons. The lowest BCUT2D eigenvalue weighted by Gasteiger charge is -2.29. The first-order valence-electron chi connectivity index (χ1n) is 11.3. The van der Waals surface area contributed by atoms with Gasteiger partial charge < -0.3 is 0 Å². The Morgan fingerprint density at radius 1 is 0.514 bits per heavy atom. The molecule has 0 aliphatic rings. The molecule has 2 rings (SSSR count). The van der Waals surface area contributed by atoms with E-state index >= 15 is 0 Å². The number of rotatable bonds is 12. The van der Waals surface area contributed by atoms with Crippen molar-refractivity contribution in [1.82, 2.24) is 0 Å². The lowest BCUT2D eigenvalue weighted by molar-refractivity contribution is 1.46. The molecule has 0 saturated heterocycles. The average molecular weight is 675 g/mol. The Morgan fingerprint density at radius 2 is 0.771 bits per heavy atom. The molecule has 35 heavy (non-hydrogen) atoms. The highest BCUT2D eigenvalue weighted by Crippen LogP contribution is 2.61. The second kappa shape index (κ2) is 13.7. The Balaban J connectivity index is 2.56. The van der Waals surface area contributed by atoms with Crippen LogP contribution in [0.1, 0.15) is 0 Å². The quantitative estimate of drug-likeness (QED) is 0.206. The van der Waals surface area contributed by atoms with Gasteiger partial charge in [0.1, 0.15) is 0 Å². The molecule has 0 saturated carbocycles. The Labute approximate surface area is 242 Å². The topological polar surface area (TPSA) is 0 Å². The zero-order valence-electron chi connectivity index (χ0n) is 22.2. The number of hydrogen-bond acceptors (Lipinski definition) is 5. The zero-order valence-corrected chi connectivity index (χ0v) is 31.6. The second-order valence-electron chi connectivity index (χ2n) is 11.0. The van der Waals surface area contributed by atoms with Crippen LogP contribution in [0.4, 0.5) is 0 Å². The summed E-state index contributed by atoms with van der Waals surface area (Å²) in [4.78, 5) is 2.76. The van der Waals surface area contributed by atoms with E-state index in [1.165, 1.54) is 20.4 Å². The van der Waals surface area contributed by atoms with Gasteiger partial charge in [0, 0.05) is 33.4 Å². The first kappa shape index (κ1) is 33.5. The third-order valence-electron chi connectivity index (χ3n) is 4.68. The minimum Gasteiger partial charge on any atom is -0.0977 e. The molecule has 0 aromatic heterocycles. The van der Waals surface area contributed by atoms with Gasteiger partial charge in [0.15, 0.2) is 0 Å². The van der Waals surface area contributed by atoms with E-state index in [4.69, 9.17) is 47.2 Å². The van der Waals surface area contributed by atoms with Gasteiger partial charge in [0.05, 0.1) is 0 Å². The molecule has 0 fully saturated rings. The van der Waals surface area contributed by atoms with Crippen molar-refractivity contribution in [2.45, 2.75) is 9.79 Å². The molecular formula is C24H40P6S5. The molecule has 0 nitrogen and oxygen atoms in total. The first-order valence-corrected chi connectivity index (χ1v) is 31.1. The van der Waals surface area contributed by atoms with Gasteiger partial charge in [-0.2, -0.15) is 0 Å². The normalized spacial score (nSPS) is 13.5.